The Hall–Kier alpha value is -0.0400. The van der Waals surface area contributed by atoms with Crippen LogP contribution < -0.4 is 0 Å². The maximum Gasteiger partial charge on any atom is 0.0431 e. The molecule has 1 N–H and O–H groups in total. The summed E-state index contributed by atoms with van der Waals surface area (Å²) >= 11 is 0. The summed E-state index contributed by atoms with van der Waals surface area (Å²) < 4.78 is 0. The van der Waals surface area contributed by atoms with Gasteiger partial charge in [0.05, 0.1) is 0 Å². The number of hydrogen-bond acceptors (Lipinski definition) is 1. The van der Waals surface area contributed by atoms with Crippen LogP contribution in [0, 0.1) is 41.4 Å². The minimum atomic E-state index is 0.388. The number of unbranched alkanes of at least 4 members (excludes halogenated alkanes) is 2. The fourth-order valence-corrected chi connectivity index (χ4v) is 7.50. The van der Waals surface area contributed by atoms with Crippen LogP contribution in [-0.2, 0) is 0 Å². The Morgan fingerprint density at radius 1 is 0.759 bits per heavy atom. The smallest absolute Gasteiger partial charge is 0.0431 e. The highest BCUT2D eigenvalue weighted by Gasteiger charge is 2.38. The molecular formula is C28H51O. The molecule has 3 atom stereocenters. The molecule has 0 aliphatic heterocycles. The Bertz CT molecular complexity index is 416. The molecule has 1 radical (unpaired) electrons. The Kier molecular flexibility index (Phi) is 10.4. The summed E-state index contributed by atoms with van der Waals surface area (Å²) in [6.45, 7) is 5.15. The molecule has 3 unspecified atom stereocenters. The van der Waals surface area contributed by atoms with Crippen molar-refractivity contribution < 1.29 is 5.11 Å². The fourth-order valence-electron chi connectivity index (χ4n) is 7.50. The van der Waals surface area contributed by atoms with Crippen LogP contribution in [0.2, 0.25) is 0 Å². The summed E-state index contributed by atoms with van der Waals surface area (Å²) in [5, 5.41) is 9.17. The SMILES string of the molecule is CCCCCC1CC[C](C2CCC(C3CCC(CCCO)CC3CC)CC2)CC1. The van der Waals surface area contributed by atoms with E-state index in [0.29, 0.717) is 6.61 Å². The van der Waals surface area contributed by atoms with Crippen molar-refractivity contribution in [2.24, 2.45) is 35.5 Å². The van der Waals surface area contributed by atoms with Crippen LogP contribution >= 0.6 is 0 Å². The lowest BCUT2D eigenvalue weighted by molar-refractivity contribution is 0.0794. The zero-order valence-corrected chi connectivity index (χ0v) is 19.8. The molecule has 1 nitrogen and oxygen atoms in total. The maximum atomic E-state index is 9.17. The highest BCUT2D eigenvalue weighted by Crippen LogP contribution is 2.49. The van der Waals surface area contributed by atoms with E-state index in [4.69, 9.17) is 5.11 Å². The standard InChI is InChI=1S/C28H51O/c1-3-5-6-8-22-10-13-25(14-11-22)26-15-17-27(18-16-26)28-19-12-23(9-7-20-29)21-24(28)4-2/h22-24,26-29H,3-21H2,1-2H3. The molecule has 3 rings (SSSR count). The molecule has 29 heavy (non-hydrogen) atoms. The normalized spacial score (nSPS) is 35.1. The molecule has 3 fully saturated rings. The van der Waals surface area contributed by atoms with E-state index in [1.807, 2.05) is 5.92 Å². The van der Waals surface area contributed by atoms with Gasteiger partial charge in [-0.15, -0.1) is 0 Å². The molecule has 3 aliphatic carbocycles. The van der Waals surface area contributed by atoms with Crippen molar-refractivity contribution in [1.82, 2.24) is 0 Å². The quantitative estimate of drug-likeness (QED) is 0.363. The predicted molar refractivity (Wildman–Crippen MR) is 126 cm³/mol. The van der Waals surface area contributed by atoms with E-state index in [0.717, 1.165) is 41.9 Å². The van der Waals surface area contributed by atoms with E-state index in [-0.39, 0.29) is 0 Å². The first-order valence-corrected chi connectivity index (χ1v) is 13.7. The van der Waals surface area contributed by atoms with Gasteiger partial charge in [0, 0.05) is 6.61 Å². The highest BCUT2D eigenvalue weighted by molar-refractivity contribution is 5.02. The lowest BCUT2D eigenvalue weighted by atomic mass is 9.61. The van der Waals surface area contributed by atoms with Gasteiger partial charge in [-0.2, -0.15) is 0 Å². The van der Waals surface area contributed by atoms with E-state index >= 15 is 0 Å². The monoisotopic (exact) mass is 403 g/mol. The second kappa shape index (κ2) is 12.7. The third-order valence-electron chi connectivity index (χ3n) is 9.36. The Labute approximate surface area is 182 Å². The van der Waals surface area contributed by atoms with Crippen molar-refractivity contribution in [3.8, 4) is 0 Å². The molecule has 3 aliphatic rings. The van der Waals surface area contributed by atoms with Crippen LogP contribution in [0.5, 0.6) is 0 Å². The molecule has 0 spiro atoms. The molecule has 3 saturated carbocycles. The lowest BCUT2D eigenvalue weighted by Crippen LogP contribution is -2.33. The van der Waals surface area contributed by atoms with E-state index in [1.165, 1.54) is 109 Å². The summed E-state index contributed by atoms with van der Waals surface area (Å²) in [7, 11) is 0. The van der Waals surface area contributed by atoms with Gasteiger partial charge in [-0.25, -0.2) is 0 Å². The van der Waals surface area contributed by atoms with Crippen LogP contribution in [0.1, 0.15) is 129 Å². The highest BCUT2D eigenvalue weighted by atomic mass is 16.2. The molecule has 0 amide bonds. The van der Waals surface area contributed by atoms with Crippen molar-refractivity contribution in [2.45, 2.75) is 129 Å². The topological polar surface area (TPSA) is 20.2 Å². The van der Waals surface area contributed by atoms with Gasteiger partial charge in [0.15, 0.2) is 0 Å². The number of aliphatic hydroxyl groups is 1. The third-order valence-corrected chi connectivity index (χ3v) is 9.36. The minimum absolute atomic E-state index is 0.388. The van der Waals surface area contributed by atoms with Gasteiger partial charge < -0.3 is 5.11 Å². The van der Waals surface area contributed by atoms with Gasteiger partial charge in [-0.05, 0) is 118 Å². The molecule has 169 valence electrons. The van der Waals surface area contributed by atoms with Gasteiger partial charge in [0.2, 0.25) is 0 Å². The van der Waals surface area contributed by atoms with E-state index in [9.17, 15) is 0 Å². The first-order chi connectivity index (χ1) is 14.2. The van der Waals surface area contributed by atoms with E-state index in [1.54, 1.807) is 0 Å². The van der Waals surface area contributed by atoms with Gasteiger partial charge in [-0.3, -0.25) is 0 Å². The molecule has 0 saturated heterocycles. The van der Waals surface area contributed by atoms with Crippen LogP contribution in [0.4, 0.5) is 0 Å². The predicted octanol–water partition coefficient (Wildman–Crippen LogP) is 8.35. The lowest BCUT2D eigenvalue weighted by Gasteiger charge is -2.44. The average molecular weight is 404 g/mol. The third kappa shape index (κ3) is 6.98. The first kappa shape index (κ1) is 23.6. The first-order valence-electron chi connectivity index (χ1n) is 13.7. The Morgan fingerprint density at radius 3 is 2.14 bits per heavy atom. The van der Waals surface area contributed by atoms with Crippen molar-refractivity contribution in [1.29, 1.82) is 0 Å². The molecule has 0 aromatic carbocycles. The van der Waals surface area contributed by atoms with Crippen LogP contribution in [0.15, 0.2) is 0 Å². The van der Waals surface area contributed by atoms with E-state index in [2.05, 4.69) is 13.8 Å². The largest absolute Gasteiger partial charge is 0.396 e. The number of aliphatic hydroxyl groups excluding tert-OH is 1. The van der Waals surface area contributed by atoms with Gasteiger partial charge in [-0.1, -0.05) is 52.4 Å². The molecule has 0 aromatic heterocycles. The second-order valence-corrected chi connectivity index (χ2v) is 11.1. The van der Waals surface area contributed by atoms with E-state index < -0.39 is 0 Å². The van der Waals surface area contributed by atoms with Crippen molar-refractivity contribution >= 4 is 0 Å². The van der Waals surface area contributed by atoms with Gasteiger partial charge in [0.25, 0.3) is 0 Å². The van der Waals surface area contributed by atoms with Crippen LogP contribution in [0.3, 0.4) is 0 Å². The molecule has 0 aromatic rings. The average Bonchev–Trinajstić information content (AvgIpc) is 2.78. The summed E-state index contributed by atoms with van der Waals surface area (Å²) in [5.41, 5.74) is 0. The molecule has 1 heteroatoms. The van der Waals surface area contributed by atoms with Crippen molar-refractivity contribution in [3.63, 3.8) is 0 Å². The fraction of sp³-hybridized carbons (Fsp3) is 0.964. The number of rotatable bonds is 10. The summed E-state index contributed by atoms with van der Waals surface area (Å²) in [5.74, 6) is 7.95. The second-order valence-electron chi connectivity index (χ2n) is 11.1. The van der Waals surface area contributed by atoms with Crippen LogP contribution in [0.25, 0.3) is 0 Å². The zero-order chi connectivity index (χ0) is 20.5. The Balaban J connectivity index is 1.38. The van der Waals surface area contributed by atoms with Gasteiger partial charge >= 0.3 is 0 Å². The summed E-state index contributed by atoms with van der Waals surface area (Å²) in [6, 6.07) is 0. The van der Waals surface area contributed by atoms with Crippen LogP contribution in [-0.4, -0.2) is 11.7 Å². The Morgan fingerprint density at radius 2 is 1.48 bits per heavy atom. The molecular weight excluding hydrogens is 352 g/mol. The molecule has 0 heterocycles. The number of hydrogen-bond donors (Lipinski definition) is 1. The molecule has 0 bridgehead atoms. The van der Waals surface area contributed by atoms with Crippen molar-refractivity contribution in [2.75, 3.05) is 6.61 Å². The minimum Gasteiger partial charge on any atom is -0.396 e. The summed E-state index contributed by atoms with van der Waals surface area (Å²) in [4.78, 5) is 0. The maximum absolute atomic E-state index is 9.17. The van der Waals surface area contributed by atoms with Gasteiger partial charge in [0.1, 0.15) is 0 Å². The van der Waals surface area contributed by atoms with Crippen molar-refractivity contribution in [3.05, 3.63) is 5.92 Å². The zero-order valence-electron chi connectivity index (χ0n) is 19.8. The summed E-state index contributed by atoms with van der Waals surface area (Å²) in [6.07, 6.45) is 25.9.